The Bertz CT molecular complexity index is 415. The molecule has 1 aromatic heterocycles. The molecule has 0 aliphatic heterocycles. The third-order valence-corrected chi connectivity index (χ3v) is 3.23. The fraction of sp³-hybridized carbons (Fsp3) is 0.571. The molecule has 1 fully saturated rings. The highest BCUT2D eigenvalue weighted by molar-refractivity contribution is 5.78. The predicted octanol–water partition coefficient (Wildman–Crippen LogP) is 1.09. The van der Waals surface area contributed by atoms with Crippen LogP contribution in [0.2, 0.25) is 0 Å². The second kappa shape index (κ2) is 6.52. The Labute approximate surface area is 113 Å². The van der Waals surface area contributed by atoms with E-state index in [1.807, 2.05) is 0 Å². The quantitative estimate of drug-likeness (QED) is 0.748. The first-order valence-electron chi connectivity index (χ1n) is 6.67. The Hall–Kier alpha value is -1.62. The maximum absolute atomic E-state index is 11.9. The average Bonchev–Trinajstić information content (AvgIpc) is 3.21. The number of amides is 1. The van der Waals surface area contributed by atoms with Crippen molar-refractivity contribution < 1.29 is 9.53 Å². The lowest BCUT2D eigenvalue weighted by atomic mass is 10.2. The maximum atomic E-state index is 11.9. The van der Waals surface area contributed by atoms with Crippen LogP contribution < -0.4 is 5.73 Å². The van der Waals surface area contributed by atoms with E-state index in [2.05, 4.69) is 4.98 Å². The first-order chi connectivity index (χ1) is 9.15. The van der Waals surface area contributed by atoms with Gasteiger partial charge >= 0.3 is 0 Å². The minimum atomic E-state index is 0.0484. The first kappa shape index (κ1) is 13.8. The number of anilines is 1. The number of hydrogen-bond donors (Lipinski definition) is 1. The second-order valence-electron chi connectivity index (χ2n) is 5.09. The number of nitrogens with two attached hydrogens (primary N) is 1. The number of rotatable bonds is 7. The van der Waals surface area contributed by atoms with Gasteiger partial charge in [0.2, 0.25) is 5.91 Å². The molecule has 19 heavy (non-hydrogen) atoms. The number of pyridine rings is 1. The van der Waals surface area contributed by atoms with E-state index in [1.54, 1.807) is 30.3 Å². The molecule has 1 amide bonds. The molecule has 0 radical (unpaired) electrons. The second-order valence-corrected chi connectivity index (χ2v) is 5.09. The summed E-state index contributed by atoms with van der Waals surface area (Å²) in [5, 5.41) is 0. The zero-order valence-electron chi connectivity index (χ0n) is 11.3. The van der Waals surface area contributed by atoms with Crippen molar-refractivity contribution in [2.75, 3.05) is 32.5 Å². The number of likely N-dealkylation sites (N-methyl/N-ethyl adjacent to an activating group) is 1. The largest absolute Gasteiger partial charge is 0.397 e. The predicted molar refractivity (Wildman–Crippen MR) is 73.5 cm³/mol. The molecule has 2 rings (SSSR count). The number of ether oxygens (including phenoxy) is 1. The molecule has 1 aromatic rings. The van der Waals surface area contributed by atoms with Crippen molar-refractivity contribution in [3.8, 4) is 0 Å². The van der Waals surface area contributed by atoms with Gasteiger partial charge in [0.25, 0.3) is 0 Å². The zero-order valence-corrected chi connectivity index (χ0v) is 11.3. The Morgan fingerprint density at radius 3 is 2.95 bits per heavy atom. The summed E-state index contributed by atoms with van der Waals surface area (Å²) in [6.07, 6.45) is 4.45. The molecule has 0 aromatic carbocycles. The van der Waals surface area contributed by atoms with E-state index in [-0.39, 0.29) is 5.91 Å². The molecule has 0 unspecified atom stereocenters. The monoisotopic (exact) mass is 263 g/mol. The summed E-state index contributed by atoms with van der Waals surface area (Å²) < 4.78 is 5.52. The minimum Gasteiger partial charge on any atom is -0.397 e. The molecule has 1 aliphatic carbocycles. The van der Waals surface area contributed by atoms with Crippen LogP contribution in [0.25, 0.3) is 0 Å². The van der Waals surface area contributed by atoms with E-state index < -0.39 is 0 Å². The molecular formula is C14H21N3O2. The van der Waals surface area contributed by atoms with Gasteiger partial charge in [-0.3, -0.25) is 9.78 Å². The molecule has 1 heterocycles. The van der Waals surface area contributed by atoms with E-state index >= 15 is 0 Å². The van der Waals surface area contributed by atoms with Crippen LogP contribution in [0.1, 0.15) is 18.5 Å². The van der Waals surface area contributed by atoms with Crippen molar-refractivity contribution in [3.05, 3.63) is 24.0 Å². The molecule has 2 N–H and O–H groups in total. The van der Waals surface area contributed by atoms with Crippen LogP contribution in [0, 0.1) is 5.92 Å². The smallest absolute Gasteiger partial charge is 0.228 e. The maximum Gasteiger partial charge on any atom is 0.228 e. The van der Waals surface area contributed by atoms with Gasteiger partial charge in [0.15, 0.2) is 0 Å². The molecule has 5 heteroatoms. The van der Waals surface area contributed by atoms with E-state index in [0.29, 0.717) is 25.3 Å². The highest BCUT2D eigenvalue weighted by atomic mass is 16.5. The first-order valence-corrected chi connectivity index (χ1v) is 6.67. The molecule has 0 saturated heterocycles. The number of aromatic nitrogens is 1. The van der Waals surface area contributed by atoms with Gasteiger partial charge in [0, 0.05) is 25.9 Å². The van der Waals surface area contributed by atoms with Crippen molar-refractivity contribution in [1.29, 1.82) is 0 Å². The molecule has 0 atom stereocenters. The number of nitrogens with zero attached hydrogens (tertiary/aromatic N) is 2. The van der Waals surface area contributed by atoms with Crippen molar-refractivity contribution in [3.63, 3.8) is 0 Å². The van der Waals surface area contributed by atoms with Crippen LogP contribution in [0.15, 0.2) is 18.3 Å². The number of carbonyl (C=O) groups is 1. The molecule has 1 saturated carbocycles. The van der Waals surface area contributed by atoms with E-state index in [0.717, 1.165) is 18.2 Å². The van der Waals surface area contributed by atoms with Crippen LogP contribution in [-0.2, 0) is 16.0 Å². The van der Waals surface area contributed by atoms with Crippen LogP contribution in [0.3, 0.4) is 0 Å². The third-order valence-electron chi connectivity index (χ3n) is 3.23. The number of hydrogen-bond acceptors (Lipinski definition) is 4. The van der Waals surface area contributed by atoms with Gasteiger partial charge in [-0.15, -0.1) is 0 Å². The summed E-state index contributed by atoms with van der Waals surface area (Å²) in [7, 11) is 1.79. The van der Waals surface area contributed by atoms with Gasteiger partial charge in [-0.25, -0.2) is 0 Å². The summed E-state index contributed by atoms with van der Waals surface area (Å²) >= 11 is 0. The third kappa shape index (κ3) is 4.87. The van der Waals surface area contributed by atoms with Gasteiger partial charge in [-0.2, -0.15) is 0 Å². The van der Waals surface area contributed by atoms with E-state index in [4.69, 9.17) is 10.5 Å². The number of carbonyl (C=O) groups excluding carboxylic acids is 1. The average molecular weight is 263 g/mol. The highest BCUT2D eigenvalue weighted by Crippen LogP contribution is 2.28. The summed E-state index contributed by atoms with van der Waals surface area (Å²) in [5.41, 5.74) is 6.90. The van der Waals surface area contributed by atoms with Gasteiger partial charge in [0.05, 0.1) is 24.9 Å². The lowest BCUT2D eigenvalue weighted by Crippen LogP contribution is -2.31. The summed E-state index contributed by atoms with van der Waals surface area (Å²) in [6.45, 7) is 2.07. The van der Waals surface area contributed by atoms with Crippen molar-refractivity contribution in [1.82, 2.24) is 9.88 Å². The fourth-order valence-corrected chi connectivity index (χ4v) is 1.69. The van der Waals surface area contributed by atoms with E-state index in [9.17, 15) is 4.79 Å². The molecule has 104 valence electrons. The summed E-state index contributed by atoms with van der Waals surface area (Å²) in [5.74, 6) is 0.812. The van der Waals surface area contributed by atoms with Gasteiger partial charge in [-0.05, 0) is 30.9 Å². The lowest BCUT2D eigenvalue weighted by Gasteiger charge is -2.17. The topological polar surface area (TPSA) is 68.5 Å². The van der Waals surface area contributed by atoms with Gasteiger partial charge < -0.3 is 15.4 Å². The molecule has 1 aliphatic rings. The summed E-state index contributed by atoms with van der Waals surface area (Å²) in [6, 6.07) is 3.54. The van der Waals surface area contributed by atoms with Crippen molar-refractivity contribution >= 4 is 11.6 Å². The SMILES string of the molecule is CN(CCOCC1CC1)C(=O)Cc1ccc(N)cn1. The van der Waals surface area contributed by atoms with Crippen LogP contribution in [-0.4, -0.2) is 42.6 Å². The lowest BCUT2D eigenvalue weighted by molar-refractivity contribution is -0.129. The van der Waals surface area contributed by atoms with Crippen molar-refractivity contribution in [2.45, 2.75) is 19.3 Å². The fourth-order valence-electron chi connectivity index (χ4n) is 1.69. The molecule has 0 spiro atoms. The summed E-state index contributed by atoms with van der Waals surface area (Å²) in [4.78, 5) is 17.7. The van der Waals surface area contributed by atoms with Gasteiger partial charge in [-0.1, -0.05) is 0 Å². The molecule has 5 nitrogen and oxygen atoms in total. The Kier molecular flexibility index (Phi) is 4.74. The van der Waals surface area contributed by atoms with Crippen molar-refractivity contribution in [2.24, 2.45) is 5.92 Å². The minimum absolute atomic E-state index is 0.0484. The Morgan fingerprint density at radius 1 is 1.53 bits per heavy atom. The zero-order chi connectivity index (χ0) is 13.7. The Balaban J connectivity index is 1.67. The van der Waals surface area contributed by atoms with E-state index in [1.165, 1.54) is 12.8 Å². The molecular weight excluding hydrogens is 242 g/mol. The number of nitrogen functional groups attached to an aromatic ring is 1. The molecule has 0 bridgehead atoms. The van der Waals surface area contributed by atoms with Crippen LogP contribution in [0.5, 0.6) is 0 Å². The van der Waals surface area contributed by atoms with Crippen LogP contribution >= 0.6 is 0 Å². The van der Waals surface area contributed by atoms with Crippen LogP contribution in [0.4, 0.5) is 5.69 Å². The van der Waals surface area contributed by atoms with Gasteiger partial charge in [0.1, 0.15) is 0 Å². The normalized spacial score (nSPS) is 14.4. The standard InChI is InChI=1S/C14H21N3O2/c1-17(6-7-19-10-11-2-3-11)14(18)8-13-5-4-12(15)9-16-13/h4-5,9,11H,2-3,6-8,10,15H2,1H3. The highest BCUT2D eigenvalue weighted by Gasteiger charge is 2.21. The Morgan fingerprint density at radius 2 is 2.32 bits per heavy atom.